The molecule has 0 fully saturated rings. The number of carbonyl (C=O) groups is 3. The van der Waals surface area contributed by atoms with Gasteiger partial charge in [-0.05, 0) is 18.4 Å². The van der Waals surface area contributed by atoms with Gasteiger partial charge in [-0.25, -0.2) is 0 Å². The number of hydrogen-bond acceptors (Lipinski definition) is 5. The highest BCUT2D eigenvalue weighted by molar-refractivity contribution is 5.91. The molecule has 8 heteroatoms. The van der Waals surface area contributed by atoms with Crippen molar-refractivity contribution in [2.24, 2.45) is 0 Å². The Hall–Kier alpha value is -3.81. The minimum Gasteiger partial charge on any atom is -0.464 e. The topological polar surface area (TPSA) is 97.0 Å². The number of ether oxygens (including phenoxy) is 2. The summed E-state index contributed by atoms with van der Waals surface area (Å²) in [5, 5.41) is 5.17. The quantitative estimate of drug-likeness (QED) is 0.652. The Morgan fingerprint density at radius 2 is 1.94 bits per heavy atom. The van der Waals surface area contributed by atoms with Gasteiger partial charge in [0.1, 0.15) is 18.1 Å². The highest BCUT2D eigenvalue weighted by atomic mass is 16.6. The molecule has 0 saturated carbocycles. The first-order valence-corrected chi connectivity index (χ1v) is 10.4. The third-order valence-electron chi connectivity index (χ3n) is 5.00. The number of allylic oxidation sites excluding steroid dienone is 4. The fourth-order valence-electron chi connectivity index (χ4n) is 3.36. The molecule has 1 aliphatic carbocycles. The SMILES string of the molecule is CC(=O)NCC(=O)N(C)C(C(=O)NC1=COC=C(CC2=CC=CCC2)O1)c1ccccc1. The van der Waals surface area contributed by atoms with Crippen LogP contribution in [0.1, 0.15) is 37.8 Å². The molecular weight excluding hydrogens is 410 g/mol. The summed E-state index contributed by atoms with van der Waals surface area (Å²) >= 11 is 0. The van der Waals surface area contributed by atoms with E-state index in [1.165, 1.54) is 37.0 Å². The minimum absolute atomic E-state index is 0.142. The fraction of sp³-hybridized carbons (Fsp3) is 0.292. The van der Waals surface area contributed by atoms with Crippen molar-refractivity contribution >= 4 is 17.7 Å². The lowest BCUT2D eigenvalue weighted by Crippen LogP contribution is -2.45. The first-order chi connectivity index (χ1) is 15.4. The molecule has 1 unspecified atom stereocenters. The monoisotopic (exact) mass is 437 g/mol. The molecule has 3 rings (SSSR count). The molecular formula is C24H27N3O5. The summed E-state index contributed by atoms with van der Waals surface area (Å²) in [7, 11) is 1.52. The van der Waals surface area contributed by atoms with Gasteiger partial charge in [-0.15, -0.1) is 0 Å². The molecule has 0 aromatic heterocycles. The molecule has 1 heterocycles. The summed E-state index contributed by atoms with van der Waals surface area (Å²) in [6, 6.07) is 7.98. The van der Waals surface area contributed by atoms with E-state index in [-0.39, 0.29) is 18.3 Å². The van der Waals surface area contributed by atoms with Crippen LogP contribution >= 0.6 is 0 Å². The maximum Gasteiger partial charge on any atom is 0.254 e. The van der Waals surface area contributed by atoms with E-state index in [9.17, 15) is 14.4 Å². The number of hydrogen-bond donors (Lipinski definition) is 2. The number of nitrogens with one attached hydrogen (secondary N) is 2. The van der Waals surface area contributed by atoms with Crippen LogP contribution in [0.2, 0.25) is 0 Å². The molecule has 0 saturated heterocycles. The Bertz CT molecular complexity index is 979. The normalized spacial score (nSPS) is 15.8. The molecule has 8 nitrogen and oxygen atoms in total. The van der Waals surface area contributed by atoms with Crippen molar-refractivity contribution < 1.29 is 23.9 Å². The van der Waals surface area contributed by atoms with E-state index in [0.29, 0.717) is 17.7 Å². The summed E-state index contributed by atoms with van der Waals surface area (Å²) < 4.78 is 11.2. The molecule has 0 bridgehead atoms. The van der Waals surface area contributed by atoms with Gasteiger partial charge in [-0.1, -0.05) is 54.1 Å². The van der Waals surface area contributed by atoms with Crippen molar-refractivity contribution in [2.45, 2.75) is 32.2 Å². The maximum absolute atomic E-state index is 13.2. The van der Waals surface area contributed by atoms with Crippen LogP contribution in [0, 0.1) is 0 Å². The molecule has 32 heavy (non-hydrogen) atoms. The first-order valence-electron chi connectivity index (χ1n) is 10.4. The lowest BCUT2D eigenvalue weighted by atomic mass is 10.0. The first kappa shape index (κ1) is 22.9. The van der Waals surface area contributed by atoms with Crippen molar-refractivity contribution in [2.75, 3.05) is 13.6 Å². The van der Waals surface area contributed by atoms with E-state index in [1.807, 2.05) is 18.2 Å². The molecule has 0 radical (unpaired) electrons. The molecule has 2 aliphatic rings. The zero-order valence-corrected chi connectivity index (χ0v) is 18.2. The van der Waals surface area contributed by atoms with Gasteiger partial charge < -0.3 is 19.7 Å². The van der Waals surface area contributed by atoms with Crippen LogP contribution in [-0.4, -0.2) is 36.2 Å². The molecule has 2 N–H and O–H groups in total. The predicted octanol–water partition coefficient (Wildman–Crippen LogP) is 2.79. The van der Waals surface area contributed by atoms with Gasteiger partial charge in [0, 0.05) is 20.4 Å². The Morgan fingerprint density at radius 3 is 2.62 bits per heavy atom. The van der Waals surface area contributed by atoms with Crippen molar-refractivity contribution in [3.05, 3.63) is 83.9 Å². The second-order valence-electron chi connectivity index (χ2n) is 7.49. The molecule has 1 aromatic carbocycles. The van der Waals surface area contributed by atoms with Gasteiger partial charge in [-0.2, -0.15) is 0 Å². The second-order valence-corrected chi connectivity index (χ2v) is 7.49. The van der Waals surface area contributed by atoms with Gasteiger partial charge in [0.15, 0.2) is 6.26 Å². The smallest absolute Gasteiger partial charge is 0.254 e. The highest BCUT2D eigenvalue weighted by Gasteiger charge is 2.30. The van der Waals surface area contributed by atoms with Crippen LogP contribution in [0.3, 0.4) is 0 Å². The number of amides is 3. The Kier molecular flexibility index (Phi) is 7.85. The Balaban J connectivity index is 1.69. The second kappa shape index (κ2) is 11.0. The van der Waals surface area contributed by atoms with Gasteiger partial charge in [0.2, 0.25) is 17.7 Å². The third-order valence-corrected chi connectivity index (χ3v) is 5.00. The lowest BCUT2D eigenvalue weighted by Gasteiger charge is -2.28. The maximum atomic E-state index is 13.2. The fourth-order valence-corrected chi connectivity index (χ4v) is 3.36. The molecule has 1 atom stereocenters. The number of carbonyl (C=O) groups excluding carboxylic acids is 3. The highest BCUT2D eigenvalue weighted by Crippen LogP contribution is 2.25. The van der Waals surface area contributed by atoms with Gasteiger partial charge >= 0.3 is 0 Å². The van der Waals surface area contributed by atoms with Gasteiger partial charge in [0.05, 0.1) is 6.54 Å². The average Bonchev–Trinajstić information content (AvgIpc) is 2.79. The molecule has 3 amide bonds. The number of likely N-dealkylation sites (N-methyl/N-ethyl adjacent to an activating group) is 1. The van der Waals surface area contributed by atoms with E-state index in [4.69, 9.17) is 9.47 Å². The van der Waals surface area contributed by atoms with E-state index >= 15 is 0 Å². The number of nitrogens with zero attached hydrogens (tertiary/aromatic N) is 1. The van der Waals surface area contributed by atoms with Crippen LogP contribution < -0.4 is 10.6 Å². The van der Waals surface area contributed by atoms with E-state index in [1.54, 1.807) is 24.3 Å². The molecule has 1 aromatic rings. The summed E-state index contributed by atoms with van der Waals surface area (Å²) in [5.74, 6) is -0.477. The lowest BCUT2D eigenvalue weighted by molar-refractivity contribution is -0.139. The van der Waals surface area contributed by atoms with Crippen LogP contribution in [-0.2, 0) is 23.9 Å². The Labute approximate surface area is 187 Å². The largest absolute Gasteiger partial charge is 0.464 e. The van der Waals surface area contributed by atoms with Crippen LogP contribution in [0.5, 0.6) is 0 Å². The zero-order chi connectivity index (χ0) is 22.9. The van der Waals surface area contributed by atoms with Gasteiger partial charge in [-0.3, -0.25) is 19.7 Å². The molecule has 168 valence electrons. The zero-order valence-electron chi connectivity index (χ0n) is 18.2. The van der Waals surface area contributed by atoms with Crippen LogP contribution in [0.25, 0.3) is 0 Å². The van der Waals surface area contributed by atoms with Crippen LogP contribution in [0.4, 0.5) is 0 Å². The standard InChI is InChI=1S/C24H27N3O5/c1-17(28)25-14-22(29)27(2)23(19-11-7-4-8-12-19)24(30)26-21-16-31-15-20(32-21)13-18-9-5-3-6-10-18/h3-5,7-9,11-12,15-16,23H,6,10,13-14H2,1-2H3,(H,25,28)(H,26,30). The van der Waals surface area contributed by atoms with Crippen molar-refractivity contribution in [3.63, 3.8) is 0 Å². The number of benzene rings is 1. The van der Waals surface area contributed by atoms with Gasteiger partial charge in [0.25, 0.3) is 5.91 Å². The third kappa shape index (κ3) is 6.34. The average molecular weight is 437 g/mol. The summed E-state index contributed by atoms with van der Waals surface area (Å²) in [5.41, 5.74) is 1.83. The van der Waals surface area contributed by atoms with E-state index in [2.05, 4.69) is 16.7 Å². The minimum atomic E-state index is -0.928. The van der Waals surface area contributed by atoms with Crippen molar-refractivity contribution in [3.8, 4) is 0 Å². The summed E-state index contributed by atoms with van der Waals surface area (Å²) in [4.78, 5) is 38.2. The van der Waals surface area contributed by atoms with Crippen molar-refractivity contribution in [1.82, 2.24) is 15.5 Å². The van der Waals surface area contributed by atoms with E-state index < -0.39 is 17.9 Å². The molecule has 1 aliphatic heterocycles. The molecule has 0 spiro atoms. The Morgan fingerprint density at radius 1 is 1.16 bits per heavy atom. The van der Waals surface area contributed by atoms with Crippen LogP contribution in [0.15, 0.2) is 78.3 Å². The van der Waals surface area contributed by atoms with E-state index in [0.717, 1.165) is 12.8 Å². The van der Waals surface area contributed by atoms with Crippen molar-refractivity contribution in [1.29, 1.82) is 0 Å². The predicted molar refractivity (Wildman–Crippen MR) is 118 cm³/mol. The number of rotatable bonds is 8. The summed E-state index contributed by atoms with van der Waals surface area (Å²) in [6.45, 7) is 1.12. The summed E-state index contributed by atoms with van der Waals surface area (Å²) in [6.07, 6.45) is 11.5.